The molecule has 0 fully saturated rings. The Balaban J connectivity index is 2.70. The molecule has 0 radical (unpaired) electrons. The average Bonchev–Trinajstić information content (AvgIpc) is 2.28. The van der Waals surface area contributed by atoms with Crippen LogP contribution in [0.4, 0.5) is 5.69 Å². The van der Waals surface area contributed by atoms with Crippen molar-refractivity contribution < 1.29 is 9.59 Å². The summed E-state index contributed by atoms with van der Waals surface area (Å²) in [6, 6.07) is 6.69. The number of benzene rings is 1. The third kappa shape index (κ3) is 3.67. The number of carbonyl (C=O) groups excluding carboxylic acids is 2. The molecule has 4 nitrogen and oxygen atoms in total. The van der Waals surface area contributed by atoms with Crippen LogP contribution in [0.15, 0.2) is 24.3 Å². The molecule has 0 bridgehead atoms. The van der Waals surface area contributed by atoms with Crippen LogP contribution in [-0.2, 0) is 4.79 Å². The van der Waals surface area contributed by atoms with Gasteiger partial charge in [0.2, 0.25) is 5.91 Å². The van der Waals surface area contributed by atoms with Gasteiger partial charge in [-0.2, -0.15) is 0 Å². The lowest BCUT2D eigenvalue weighted by atomic mass is 10.1. The van der Waals surface area contributed by atoms with Gasteiger partial charge < -0.3 is 5.32 Å². The van der Waals surface area contributed by atoms with Crippen molar-refractivity contribution in [3.05, 3.63) is 29.8 Å². The van der Waals surface area contributed by atoms with E-state index in [0.717, 1.165) is 0 Å². The first-order valence-electron chi connectivity index (χ1n) is 5.50. The van der Waals surface area contributed by atoms with Crippen molar-refractivity contribution in [1.29, 1.82) is 0 Å². The summed E-state index contributed by atoms with van der Waals surface area (Å²) in [5, 5.41) is 2.80. The summed E-state index contributed by atoms with van der Waals surface area (Å²) in [6.07, 6.45) is 0. The van der Waals surface area contributed by atoms with Crippen LogP contribution in [0, 0.1) is 0 Å². The molecular formula is C13H18N2O2. The summed E-state index contributed by atoms with van der Waals surface area (Å²) in [6.45, 7) is 3.35. The highest BCUT2D eigenvalue weighted by Gasteiger charge is 2.14. The van der Waals surface area contributed by atoms with Gasteiger partial charge in [0.15, 0.2) is 5.78 Å². The maximum atomic E-state index is 11.8. The van der Waals surface area contributed by atoms with Crippen molar-refractivity contribution in [1.82, 2.24) is 4.90 Å². The second-order valence-corrected chi connectivity index (χ2v) is 4.26. The van der Waals surface area contributed by atoms with Crippen LogP contribution >= 0.6 is 0 Å². The summed E-state index contributed by atoms with van der Waals surface area (Å²) >= 11 is 0. The number of Topliss-reactive ketones (excluding diaryl/α,β-unsaturated/α-hetero) is 1. The summed E-state index contributed by atoms with van der Waals surface area (Å²) in [7, 11) is 3.70. The van der Waals surface area contributed by atoms with E-state index in [2.05, 4.69) is 5.32 Å². The van der Waals surface area contributed by atoms with Gasteiger partial charge in [0.1, 0.15) is 0 Å². The highest BCUT2D eigenvalue weighted by atomic mass is 16.2. The van der Waals surface area contributed by atoms with Gasteiger partial charge in [-0.05, 0) is 52.2 Å². The van der Waals surface area contributed by atoms with Crippen LogP contribution in [-0.4, -0.2) is 36.7 Å². The van der Waals surface area contributed by atoms with E-state index in [1.807, 2.05) is 25.9 Å². The fourth-order valence-corrected chi connectivity index (χ4v) is 1.27. The molecular weight excluding hydrogens is 216 g/mol. The van der Waals surface area contributed by atoms with Gasteiger partial charge in [-0.1, -0.05) is 0 Å². The highest BCUT2D eigenvalue weighted by Crippen LogP contribution is 2.10. The Bertz CT molecular complexity index is 410. The molecule has 0 aromatic heterocycles. The first-order valence-corrected chi connectivity index (χ1v) is 5.50. The molecule has 0 saturated carbocycles. The van der Waals surface area contributed by atoms with Gasteiger partial charge in [0, 0.05) is 11.3 Å². The zero-order chi connectivity index (χ0) is 13.0. The molecule has 1 aromatic carbocycles. The Morgan fingerprint density at radius 3 is 2.12 bits per heavy atom. The van der Waals surface area contributed by atoms with E-state index >= 15 is 0 Å². The summed E-state index contributed by atoms with van der Waals surface area (Å²) in [5.74, 6) is -0.0462. The number of amides is 1. The molecule has 0 heterocycles. The Kier molecular flexibility index (Phi) is 4.40. The zero-order valence-corrected chi connectivity index (χ0v) is 10.7. The number of likely N-dealkylation sites (N-methyl/N-ethyl adjacent to an activating group) is 1. The number of anilines is 1. The van der Waals surface area contributed by atoms with Gasteiger partial charge in [-0.3, -0.25) is 14.5 Å². The predicted molar refractivity (Wildman–Crippen MR) is 68.2 cm³/mol. The lowest BCUT2D eigenvalue weighted by Crippen LogP contribution is -2.37. The smallest absolute Gasteiger partial charge is 0.241 e. The van der Waals surface area contributed by atoms with Crippen LogP contribution < -0.4 is 5.32 Å². The van der Waals surface area contributed by atoms with Crippen LogP contribution in [0.2, 0.25) is 0 Å². The number of hydrogen-bond acceptors (Lipinski definition) is 3. The lowest BCUT2D eigenvalue weighted by molar-refractivity contribution is -0.119. The Morgan fingerprint density at radius 2 is 1.71 bits per heavy atom. The molecule has 92 valence electrons. The molecule has 0 saturated heterocycles. The molecule has 1 atom stereocenters. The van der Waals surface area contributed by atoms with E-state index < -0.39 is 0 Å². The second kappa shape index (κ2) is 5.59. The zero-order valence-electron chi connectivity index (χ0n) is 10.7. The van der Waals surface area contributed by atoms with Gasteiger partial charge in [-0.25, -0.2) is 0 Å². The van der Waals surface area contributed by atoms with Crippen molar-refractivity contribution in [2.24, 2.45) is 0 Å². The lowest BCUT2D eigenvalue weighted by Gasteiger charge is -2.18. The molecule has 17 heavy (non-hydrogen) atoms. The van der Waals surface area contributed by atoms with E-state index in [4.69, 9.17) is 0 Å². The summed E-state index contributed by atoms with van der Waals surface area (Å²) in [5.41, 5.74) is 1.34. The van der Waals surface area contributed by atoms with Crippen molar-refractivity contribution in [2.75, 3.05) is 19.4 Å². The fraction of sp³-hybridized carbons (Fsp3) is 0.385. The van der Waals surface area contributed by atoms with Gasteiger partial charge in [0.25, 0.3) is 0 Å². The molecule has 1 N–H and O–H groups in total. The SMILES string of the molecule is CC(=O)c1ccc(NC(=O)[C@@H](C)N(C)C)cc1. The average molecular weight is 234 g/mol. The van der Waals surface area contributed by atoms with Crippen LogP contribution in [0.25, 0.3) is 0 Å². The van der Waals surface area contributed by atoms with Crippen LogP contribution in [0.1, 0.15) is 24.2 Å². The van der Waals surface area contributed by atoms with Crippen molar-refractivity contribution in [3.8, 4) is 0 Å². The van der Waals surface area contributed by atoms with E-state index in [9.17, 15) is 9.59 Å². The minimum atomic E-state index is -0.192. The fourth-order valence-electron chi connectivity index (χ4n) is 1.27. The minimum absolute atomic E-state index is 0.0181. The molecule has 0 aliphatic heterocycles. The molecule has 1 amide bonds. The van der Waals surface area contributed by atoms with Crippen LogP contribution in [0.3, 0.4) is 0 Å². The summed E-state index contributed by atoms with van der Waals surface area (Å²) in [4.78, 5) is 24.7. The number of rotatable bonds is 4. The number of nitrogens with one attached hydrogen (secondary N) is 1. The molecule has 1 aromatic rings. The van der Waals surface area contributed by atoms with E-state index in [-0.39, 0.29) is 17.7 Å². The quantitative estimate of drug-likeness (QED) is 0.808. The van der Waals surface area contributed by atoms with Crippen molar-refractivity contribution in [3.63, 3.8) is 0 Å². The molecule has 0 unspecified atom stereocenters. The van der Waals surface area contributed by atoms with Crippen molar-refractivity contribution in [2.45, 2.75) is 19.9 Å². The molecule has 0 aliphatic carbocycles. The minimum Gasteiger partial charge on any atom is -0.325 e. The second-order valence-electron chi connectivity index (χ2n) is 4.26. The van der Waals surface area contributed by atoms with E-state index in [1.165, 1.54) is 6.92 Å². The largest absolute Gasteiger partial charge is 0.325 e. The first kappa shape index (κ1) is 13.4. The van der Waals surface area contributed by atoms with Crippen molar-refractivity contribution >= 4 is 17.4 Å². The number of carbonyl (C=O) groups is 2. The normalized spacial score (nSPS) is 12.3. The third-order valence-corrected chi connectivity index (χ3v) is 2.71. The Morgan fingerprint density at radius 1 is 1.18 bits per heavy atom. The maximum absolute atomic E-state index is 11.8. The number of nitrogens with zero attached hydrogens (tertiary/aromatic N) is 1. The standard InChI is InChI=1S/C13H18N2O2/c1-9(15(3)4)13(17)14-12-7-5-11(6-8-12)10(2)16/h5-9H,1-4H3,(H,14,17)/t9-/m1/s1. The highest BCUT2D eigenvalue weighted by molar-refractivity contribution is 5.96. The topological polar surface area (TPSA) is 49.4 Å². The van der Waals surface area contributed by atoms with Gasteiger partial charge >= 0.3 is 0 Å². The third-order valence-electron chi connectivity index (χ3n) is 2.71. The van der Waals surface area contributed by atoms with Crippen LogP contribution in [0.5, 0.6) is 0 Å². The molecule has 0 spiro atoms. The van der Waals surface area contributed by atoms with Gasteiger partial charge in [0.05, 0.1) is 6.04 Å². The number of hydrogen-bond donors (Lipinski definition) is 1. The molecule has 4 heteroatoms. The monoisotopic (exact) mass is 234 g/mol. The Labute approximate surface area is 102 Å². The Hall–Kier alpha value is -1.68. The number of ketones is 1. The maximum Gasteiger partial charge on any atom is 0.241 e. The summed E-state index contributed by atoms with van der Waals surface area (Å²) < 4.78 is 0. The molecule has 0 aliphatic rings. The predicted octanol–water partition coefficient (Wildman–Crippen LogP) is 1.78. The van der Waals surface area contributed by atoms with E-state index in [0.29, 0.717) is 11.3 Å². The first-order chi connectivity index (χ1) is 7.91. The van der Waals surface area contributed by atoms with E-state index in [1.54, 1.807) is 24.3 Å². The molecule has 1 rings (SSSR count). The van der Waals surface area contributed by atoms with Gasteiger partial charge in [-0.15, -0.1) is 0 Å².